The molecular weight excluding hydrogens is 396 g/mol. The van der Waals surface area contributed by atoms with E-state index in [1.807, 2.05) is 6.92 Å². The third-order valence-corrected chi connectivity index (χ3v) is 6.57. The van der Waals surface area contributed by atoms with Crippen LogP contribution in [-0.2, 0) is 19.6 Å². The average molecular weight is 423 g/mol. The zero-order valence-corrected chi connectivity index (χ0v) is 17.9. The van der Waals surface area contributed by atoms with E-state index in [1.54, 1.807) is 19.9 Å². The molecule has 0 spiro atoms. The summed E-state index contributed by atoms with van der Waals surface area (Å²) in [5.74, 6) is -0.596. The number of aryl methyl sites for hydroxylation is 1. The topological polar surface area (TPSA) is 126 Å². The Labute approximate surface area is 170 Å². The van der Waals surface area contributed by atoms with Crippen LogP contribution in [0.15, 0.2) is 16.1 Å². The van der Waals surface area contributed by atoms with E-state index in [0.717, 1.165) is 0 Å². The fourth-order valence-electron chi connectivity index (χ4n) is 3.60. The van der Waals surface area contributed by atoms with Gasteiger partial charge in [0.05, 0.1) is 17.9 Å². The van der Waals surface area contributed by atoms with Gasteiger partial charge >= 0.3 is 0 Å². The Morgan fingerprint density at radius 1 is 1.24 bits per heavy atom. The van der Waals surface area contributed by atoms with Crippen molar-refractivity contribution in [3.8, 4) is 0 Å². The largest absolute Gasteiger partial charge is 0.310 e. The van der Waals surface area contributed by atoms with E-state index in [9.17, 15) is 18.0 Å². The SMILES string of the molecule is CCC1C(=O)N=C(n2nc(C)cc2NC(=O)C2CCN(S(C)(=O)=O)CC2)N=C1C. The molecule has 0 aromatic carbocycles. The quantitative estimate of drug-likeness (QED) is 0.776. The highest BCUT2D eigenvalue weighted by atomic mass is 32.2. The monoisotopic (exact) mass is 422 g/mol. The van der Waals surface area contributed by atoms with Crippen LogP contribution < -0.4 is 5.32 Å². The number of carbonyl (C=O) groups is 2. The number of nitrogens with zero attached hydrogens (tertiary/aromatic N) is 5. The Hall–Kier alpha value is -2.40. The van der Waals surface area contributed by atoms with E-state index in [-0.39, 0.29) is 29.6 Å². The van der Waals surface area contributed by atoms with Crippen LogP contribution in [0.2, 0.25) is 0 Å². The standard InChI is InChI=1S/C18H26N6O4S/c1-5-14-12(3)19-18(21-17(14)26)24-15(10-11(2)22-24)20-16(25)13-6-8-23(9-7-13)29(4,27)28/h10,13-14H,5-9H2,1-4H3,(H,20,25). The molecule has 3 heterocycles. The molecule has 3 rings (SSSR count). The number of amides is 2. The molecule has 1 unspecified atom stereocenters. The van der Waals surface area contributed by atoms with Crippen LogP contribution in [0.5, 0.6) is 0 Å². The second-order valence-corrected chi connectivity index (χ2v) is 9.45. The molecule has 10 nitrogen and oxygen atoms in total. The summed E-state index contributed by atoms with van der Waals surface area (Å²) in [6, 6.07) is 1.69. The second kappa shape index (κ2) is 8.15. The van der Waals surface area contributed by atoms with Crippen LogP contribution >= 0.6 is 0 Å². The number of rotatable bonds is 4. The maximum Gasteiger partial charge on any atom is 0.257 e. The molecule has 2 amide bonds. The summed E-state index contributed by atoms with van der Waals surface area (Å²) in [4.78, 5) is 33.5. The van der Waals surface area contributed by atoms with Crippen LogP contribution in [0.4, 0.5) is 5.82 Å². The highest BCUT2D eigenvalue weighted by molar-refractivity contribution is 7.88. The summed E-state index contributed by atoms with van der Waals surface area (Å²) in [5, 5.41) is 7.16. The molecule has 1 aromatic heterocycles. The lowest BCUT2D eigenvalue weighted by Crippen LogP contribution is -2.41. The summed E-state index contributed by atoms with van der Waals surface area (Å²) >= 11 is 0. The van der Waals surface area contributed by atoms with Gasteiger partial charge in [-0.1, -0.05) is 6.92 Å². The lowest BCUT2D eigenvalue weighted by molar-refractivity contribution is -0.121. The van der Waals surface area contributed by atoms with Gasteiger partial charge in [-0.15, -0.1) is 0 Å². The van der Waals surface area contributed by atoms with Gasteiger partial charge in [-0.25, -0.2) is 17.7 Å². The Balaban J connectivity index is 1.75. The van der Waals surface area contributed by atoms with Crippen molar-refractivity contribution >= 4 is 39.3 Å². The van der Waals surface area contributed by atoms with Crippen molar-refractivity contribution in [3.05, 3.63) is 11.8 Å². The molecule has 2 aliphatic heterocycles. The van der Waals surface area contributed by atoms with E-state index >= 15 is 0 Å². The Kier molecular flexibility index (Phi) is 5.99. The van der Waals surface area contributed by atoms with Crippen LogP contribution in [0, 0.1) is 18.8 Å². The molecular formula is C18H26N6O4S. The average Bonchev–Trinajstić information content (AvgIpc) is 3.01. The van der Waals surface area contributed by atoms with Gasteiger partial charge in [-0.05, 0) is 33.1 Å². The molecule has 0 saturated carbocycles. The molecule has 1 saturated heterocycles. The van der Waals surface area contributed by atoms with E-state index < -0.39 is 10.0 Å². The lowest BCUT2D eigenvalue weighted by Gasteiger charge is -2.29. The van der Waals surface area contributed by atoms with Gasteiger partial charge in [0.25, 0.3) is 11.9 Å². The first-order valence-corrected chi connectivity index (χ1v) is 11.5. The first-order chi connectivity index (χ1) is 13.6. The van der Waals surface area contributed by atoms with E-state index in [4.69, 9.17) is 0 Å². The van der Waals surface area contributed by atoms with Gasteiger partial charge < -0.3 is 5.32 Å². The van der Waals surface area contributed by atoms with E-state index in [1.165, 1.54) is 15.2 Å². The first kappa shape index (κ1) is 21.3. The molecule has 0 bridgehead atoms. The van der Waals surface area contributed by atoms with Crippen molar-refractivity contribution in [1.29, 1.82) is 0 Å². The van der Waals surface area contributed by atoms with Crippen molar-refractivity contribution in [3.63, 3.8) is 0 Å². The number of anilines is 1. The number of nitrogens with one attached hydrogen (secondary N) is 1. The summed E-state index contributed by atoms with van der Waals surface area (Å²) in [5.41, 5.74) is 1.31. The van der Waals surface area contributed by atoms with Crippen LogP contribution in [0.25, 0.3) is 0 Å². The van der Waals surface area contributed by atoms with Crippen molar-refractivity contribution in [1.82, 2.24) is 14.1 Å². The lowest BCUT2D eigenvalue weighted by atomic mass is 9.97. The summed E-state index contributed by atoms with van der Waals surface area (Å²) in [6.45, 7) is 6.09. The van der Waals surface area contributed by atoms with Gasteiger partial charge in [0.15, 0.2) is 0 Å². The summed E-state index contributed by atoms with van der Waals surface area (Å²) < 4.78 is 26.0. The zero-order valence-electron chi connectivity index (χ0n) is 17.0. The summed E-state index contributed by atoms with van der Waals surface area (Å²) in [6.07, 6.45) is 2.69. The zero-order chi connectivity index (χ0) is 21.3. The highest BCUT2D eigenvalue weighted by Crippen LogP contribution is 2.22. The molecule has 29 heavy (non-hydrogen) atoms. The summed E-state index contributed by atoms with van der Waals surface area (Å²) in [7, 11) is -3.24. The third kappa shape index (κ3) is 4.61. The number of aliphatic imine (C=N–C) groups is 2. The van der Waals surface area contributed by atoms with E-state index in [0.29, 0.717) is 49.6 Å². The molecule has 0 aliphatic carbocycles. The maximum absolute atomic E-state index is 12.7. The van der Waals surface area contributed by atoms with E-state index in [2.05, 4.69) is 20.4 Å². The number of piperidine rings is 1. The Morgan fingerprint density at radius 2 is 1.90 bits per heavy atom. The smallest absolute Gasteiger partial charge is 0.257 e. The number of aromatic nitrogens is 2. The maximum atomic E-state index is 12.7. The second-order valence-electron chi connectivity index (χ2n) is 7.47. The number of sulfonamides is 1. The first-order valence-electron chi connectivity index (χ1n) is 9.61. The Bertz CT molecular complexity index is 986. The fraction of sp³-hybridized carbons (Fsp3) is 0.611. The van der Waals surface area contributed by atoms with Crippen molar-refractivity contribution in [2.75, 3.05) is 24.7 Å². The Morgan fingerprint density at radius 3 is 2.45 bits per heavy atom. The highest BCUT2D eigenvalue weighted by Gasteiger charge is 2.30. The number of hydrogen-bond donors (Lipinski definition) is 1. The van der Waals surface area contributed by atoms with Crippen LogP contribution in [0.1, 0.15) is 38.8 Å². The number of carbonyl (C=O) groups excluding carboxylic acids is 2. The minimum atomic E-state index is -3.24. The predicted molar refractivity (Wildman–Crippen MR) is 109 cm³/mol. The van der Waals surface area contributed by atoms with Crippen molar-refractivity contribution in [2.24, 2.45) is 21.8 Å². The predicted octanol–water partition coefficient (Wildman–Crippen LogP) is 1.03. The van der Waals surface area contributed by atoms with Crippen LogP contribution in [-0.4, -0.2) is 65.3 Å². The molecule has 11 heteroatoms. The molecule has 1 N–H and O–H groups in total. The molecule has 158 valence electrons. The minimum absolute atomic E-state index is 0.132. The van der Waals surface area contributed by atoms with Crippen molar-refractivity contribution < 1.29 is 18.0 Å². The van der Waals surface area contributed by atoms with Crippen molar-refractivity contribution in [2.45, 2.75) is 40.0 Å². The van der Waals surface area contributed by atoms with Crippen LogP contribution in [0.3, 0.4) is 0 Å². The fourth-order valence-corrected chi connectivity index (χ4v) is 4.47. The van der Waals surface area contributed by atoms with Gasteiger partial charge in [0.2, 0.25) is 15.9 Å². The number of hydrogen-bond acceptors (Lipinski definition) is 6. The molecule has 1 aromatic rings. The van der Waals surface area contributed by atoms with Gasteiger partial charge in [0, 0.05) is 30.8 Å². The molecule has 1 fully saturated rings. The third-order valence-electron chi connectivity index (χ3n) is 5.26. The molecule has 0 radical (unpaired) electrons. The van der Waals surface area contributed by atoms with Gasteiger partial charge in [0.1, 0.15) is 5.82 Å². The van der Waals surface area contributed by atoms with Gasteiger partial charge in [-0.3, -0.25) is 9.59 Å². The van der Waals surface area contributed by atoms with Gasteiger partial charge in [-0.2, -0.15) is 14.8 Å². The molecule has 2 aliphatic rings. The molecule has 1 atom stereocenters. The minimum Gasteiger partial charge on any atom is -0.310 e. The normalized spacial score (nSPS) is 21.7.